The molecule has 0 radical (unpaired) electrons. The number of carbonyl (C=O) groups is 2. The fourth-order valence-corrected chi connectivity index (χ4v) is 4.98. The van der Waals surface area contributed by atoms with Crippen LogP contribution >= 0.6 is 0 Å². The lowest BCUT2D eigenvalue weighted by Gasteiger charge is -2.49. The smallest absolute Gasteiger partial charge is 0.266 e. The second kappa shape index (κ2) is 8.03. The predicted octanol–water partition coefficient (Wildman–Crippen LogP) is 3.14. The highest BCUT2D eigenvalue weighted by Gasteiger charge is 2.56. The standard InChI is InChI=1S/C21H32F2N4O2/c1-5-16(6-2)18(28)27-13-20(12-21(22,23)14-27)8-7-9-26(19(20)29)11-17-10-15(3)24-25(17)4/h10,16H,5-9,11-14H2,1-4H3/t20-/m0/s1. The quantitative estimate of drug-likeness (QED) is 0.749. The Labute approximate surface area is 171 Å². The average Bonchev–Trinajstić information content (AvgIpc) is 2.96. The normalized spacial score (nSPS) is 24.6. The van der Waals surface area contributed by atoms with Crippen LogP contribution in [0.25, 0.3) is 0 Å². The van der Waals surface area contributed by atoms with Gasteiger partial charge < -0.3 is 9.80 Å². The zero-order chi connectivity index (χ0) is 21.4. The Hall–Kier alpha value is -1.99. The Morgan fingerprint density at radius 3 is 2.55 bits per heavy atom. The number of hydrogen-bond acceptors (Lipinski definition) is 3. The molecule has 1 spiro atoms. The molecule has 1 atom stereocenters. The maximum Gasteiger partial charge on any atom is 0.266 e. The lowest BCUT2D eigenvalue weighted by molar-refractivity contribution is -0.176. The minimum atomic E-state index is -3.05. The first kappa shape index (κ1) is 21.7. The van der Waals surface area contributed by atoms with Crippen LogP contribution in [-0.4, -0.2) is 57.0 Å². The summed E-state index contributed by atoms with van der Waals surface area (Å²) >= 11 is 0. The third kappa shape index (κ3) is 4.31. The van der Waals surface area contributed by atoms with E-state index in [9.17, 15) is 18.4 Å². The van der Waals surface area contributed by atoms with Crippen LogP contribution in [0.1, 0.15) is 57.3 Å². The van der Waals surface area contributed by atoms with E-state index in [4.69, 9.17) is 0 Å². The molecule has 2 saturated heterocycles. The van der Waals surface area contributed by atoms with E-state index in [0.717, 1.165) is 11.4 Å². The van der Waals surface area contributed by atoms with E-state index < -0.39 is 24.3 Å². The van der Waals surface area contributed by atoms with Gasteiger partial charge in [0.25, 0.3) is 5.92 Å². The molecule has 8 heteroatoms. The number of carbonyl (C=O) groups excluding carboxylic acids is 2. The van der Waals surface area contributed by atoms with Gasteiger partial charge in [0.2, 0.25) is 11.8 Å². The van der Waals surface area contributed by atoms with Crippen LogP contribution in [-0.2, 0) is 23.2 Å². The van der Waals surface area contributed by atoms with E-state index in [1.807, 2.05) is 33.9 Å². The number of halogens is 2. The first-order valence-electron chi connectivity index (χ1n) is 10.6. The molecule has 2 fully saturated rings. The van der Waals surface area contributed by atoms with Gasteiger partial charge in [-0.3, -0.25) is 14.3 Å². The van der Waals surface area contributed by atoms with Crippen molar-refractivity contribution in [2.24, 2.45) is 18.4 Å². The lowest BCUT2D eigenvalue weighted by Crippen LogP contribution is -2.62. The number of aryl methyl sites for hydroxylation is 2. The summed E-state index contributed by atoms with van der Waals surface area (Å²) in [5.74, 6) is -3.83. The molecule has 0 unspecified atom stereocenters. The Morgan fingerprint density at radius 1 is 1.28 bits per heavy atom. The van der Waals surface area contributed by atoms with E-state index in [1.165, 1.54) is 4.90 Å². The molecule has 0 N–H and O–H groups in total. The fourth-order valence-electron chi connectivity index (χ4n) is 4.98. The molecule has 29 heavy (non-hydrogen) atoms. The van der Waals surface area contributed by atoms with Crippen molar-refractivity contribution in [3.63, 3.8) is 0 Å². The second-order valence-corrected chi connectivity index (χ2v) is 8.75. The van der Waals surface area contributed by atoms with Gasteiger partial charge in [0.1, 0.15) is 0 Å². The van der Waals surface area contributed by atoms with Crippen molar-refractivity contribution in [1.82, 2.24) is 19.6 Å². The first-order valence-corrected chi connectivity index (χ1v) is 10.6. The van der Waals surface area contributed by atoms with Gasteiger partial charge >= 0.3 is 0 Å². The van der Waals surface area contributed by atoms with Crippen molar-refractivity contribution in [2.45, 2.75) is 65.3 Å². The van der Waals surface area contributed by atoms with Gasteiger partial charge in [0.15, 0.2) is 0 Å². The van der Waals surface area contributed by atoms with E-state index >= 15 is 0 Å². The SMILES string of the molecule is CCC(CC)C(=O)N1CC(F)(F)C[C@@]2(CCCN(Cc3cc(C)nn3C)C2=O)C1. The lowest BCUT2D eigenvalue weighted by atomic mass is 9.71. The average molecular weight is 411 g/mol. The van der Waals surface area contributed by atoms with Crippen molar-refractivity contribution in [3.05, 3.63) is 17.5 Å². The van der Waals surface area contributed by atoms with Crippen LogP contribution in [0.2, 0.25) is 0 Å². The zero-order valence-corrected chi connectivity index (χ0v) is 17.9. The predicted molar refractivity (Wildman–Crippen MR) is 105 cm³/mol. The van der Waals surface area contributed by atoms with Crippen LogP contribution in [0.5, 0.6) is 0 Å². The van der Waals surface area contributed by atoms with Crippen molar-refractivity contribution < 1.29 is 18.4 Å². The summed E-state index contributed by atoms with van der Waals surface area (Å²) in [7, 11) is 1.82. The molecule has 1 aromatic rings. The topological polar surface area (TPSA) is 58.4 Å². The van der Waals surface area contributed by atoms with Crippen LogP contribution in [0, 0.1) is 18.3 Å². The molecule has 6 nitrogen and oxygen atoms in total. The van der Waals surface area contributed by atoms with Gasteiger partial charge in [-0.15, -0.1) is 0 Å². The molecular formula is C21H32F2N4O2. The highest BCUT2D eigenvalue weighted by molar-refractivity contribution is 5.86. The van der Waals surface area contributed by atoms with Gasteiger partial charge in [-0.1, -0.05) is 13.8 Å². The number of rotatable bonds is 5. The number of nitrogens with zero attached hydrogens (tertiary/aromatic N) is 4. The summed E-state index contributed by atoms with van der Waals surface area (Å²) in [6.07, 6.45) is 1.81. The summed E-state index contributed by atoms with van der Waals surface area (Å²) in [6.45, 7) is 6.07. The maximum absolute atomic E-state index is 14.7. The second-order valence-electron chi connectivity index (χ2n) is 8.75. The van der Waals surface area contributed by atoms with Gasteiger partial charge in [-0.05, 0) is 38.7 Å². The van der Waals surface area contributed by atoms with Crippen LogP contribution in [0.15, 0.2) is 6.07 Å². The molecular weight excluding hydrogens is 378 g/mol. The summed E-state index contributed by atoms with van der Waals surface area (Å²) < 4.78 is 31.2. The van der Waals surface area contributed by atoms with E-state index in [1.54, 1.807) is 9.58 Å². The van der Waals surface area contributed by atoms with Crippen molar-refractivity contribution >= 4 is 11.8 Å². The number of hydrogen-bond donors (Lipinski definition) is 0. The highest BCUT2D eigenvalue weighted by Crippen LogP contribution is 2.45. The van der Waals surface area contributed by atoms with Crippen LogP contribution < -0.4 is 0 Å². The summed E-state index contributed by atoms with van der Waals surface area (Å²) in [5, 5.41) is 4.31. The number of likely N-dealkylation sites (tertiary alicyclic amines) is 2. The van der Waals surface area contributed by atoms with Gasteiger partial charge in [0.05, 0.1) is 29.9 Å². The third-order valence-electron chi connectivity index (χ3n) is 6.44. The number of alkyl halides is 2. The molecule has 0 aromatic carbocycles. The van der Waals surface area contributed by atoms with Gasteiger partial charge in [-0.25, -0.2) is 8.78 Å². The Bertz CT molecular complexity index is 775. The molecule has 0 aliphatic carbocycles. The summed E-state index contributed by atoms with van der Waals surface area (Å²) in [4.78, 5) is 29.2. The van der Waals surface area contributed by atoms with E-state index in [0.29, 0.717) is 38.8 Å². The monoisotopic (exact) mass is 410 g/mol. The number of amides is 2. The summed E-state index contributed by atoms with van der Waals surface area (Å²) in [6, 6.07) is 1.91. The highest BCUT2D eigenvalue weighted by atomic mass is 19.3. The molecule has 0 bridgehead atoms. The minimum absolute atomic E-state index is 0.0949. The zero-order valence-electron chi connectivity index (χ0n) is 17.9. The first-order chi connectivity index (χ1) is 13.6. The molecule has 3 heterocycles. The van der Waals surface area contributed by atoms with E-state index in [-0.39, 0.29) is 24.3 Å². The molecule has 2 aliphatic heterocycles. The third-order valence-corrected chi connectivity index (χ3v) is 6.44. The van der Waals surface area contributed by atoms with Gasteiger partial charge in [-0.2, -0.15) is 5.10 Å². The molecule has 162 valence electrons. The molecule has 0 saturated carbocycles. The van der Waals surface area contributed by atoms with Crippen molar-refractivity contribution in [2.75, 3.05) is 19.6 Å². The molecule has 1 aromatic heterocycles. The maximum atomic E-state index is 14.7. The van der Waals surface area contributed by atoms with Crippen LogP contribution in [0.3, 0.4) is 0 Å². The molecule has 2 amide bonds. The van der Waals surface area contributed by atoms with Crippen molar-refractivity contribution in [1.29, 1.82) is 0 Å². The largest absolute Gasteiger partial charge is 0.336 e. The molecule has 3 rings (SSSR count). The van der Waals surface area contributed by atoms with Crippen LogP contribution in [0.4, 0.5) is 8.78 Å². The van der Waals surface area contributed by atoms with Crippen molar-refractivity contribution in [3.8, 4) is 0 Å². The minimum Gasteiger partial charge on any atom is -0.336 e. The van der Waals surface area contributed by atoms with Gasteiger partial charge in [0, 0.05) is 32.5 Å². The Balaban J connectivity index is 1.85. The number of piperidine rings is 2. The van der Waals surface area contributed by atoms with E-state index in [2.05, 4.69) is 5.10 Å². The molecule has 2 aliphatic rings. The number of aromatic nitrogens is 2. The summed E-state index contributed by atoms with van der Waals surface area (Å²) in [5.41, 5.74) is 0.531. The fraction of sp³-hybridized carbons (Fsp3) is 0.762. The Morgan fingerprint density at radius 2 is 1.97 bits per heavy atom. The Kier molecular flexibility index (Phi) is 6.01.